The number of anilines is 1. The number of carbonyl (C=O) groups excluding carboxylic acids is 2. The first-order valence-electron chi connectivity index (χ1n) is 11.2. The summed E-state index contributed by atoms with van der Waals surface area (Å²) in [6.07, 6.45) is -0.955. The number of hydrogen-bond acceptors (Lipinski definition) is 6. The molecule has 0 aliphatic carbocycles. The molecule has 182 valence electrons. The number of benzene rings is 3. The van der Waals surface area contributed by atoms with Crippen LogP contribution in [0.4, 0.5) is 5.69 Å². The number of morpholine rings is 1. The number of nitrogens with zero attached hydrogens (tertiary/aromatic N) is 1. The number of carbonyl (C=O) groups is 2. The molecule has 4 rings (SSSR count). The van der Waals surface area contributed by atoms with E-state index >= 15 is 0 Å². The second-order valence-electron chi connectivity index (χ2n) is 8.20. The van der Waals surface area contributed by atoms with Crippen molar-refractivity contribution in [1.29, 1.82) is 0 Å². The normalized spacial score (nSPS) is 16.5. The van der Waals surface area contributed by atoms with E-state index in [1.165, 1.54) is 0 Å². The first kappa shape index (κ1) is 24.3. The van der Waals surface area contributed by atoms with Gasteiger partial charge in [0.15, 0.2) is 0 Å². The summed E-state index contributed by atoms with van der Waals surface area (Å²) in [4.78, 5) is 26.8. The molecule has 2 amide bonds. The zero-order chi connectivity index (χ0) is 24.8. The Morgan fingerprint density at radius 2 is 1.60 bits per heavy atom. The van der Waals surface area contributed by atoms with Crippen molar-refractivity contribution in [2.45, 2.75) is 18.7 Å². The van der Waals surface area contributed by atoms with E-state index in [4.69, 9.17) is 14.2 Å². The molecular weight excluding hydrogens is 448 g/mol. The van der Waals surface area contributed by atoms with Gasteiger partial charge in [-0.2, -0.15) is 0 Å². The molecule has 0 radical (unpaired) electrons. The smallest absolute Gasteiger partial charge is 0.255 e. The van der Waals surface area contributed by atoms with Gasteiger partial charge in [0.1, 0.15) is 24.2 Å². The molecule has 8 nitrogen and oxygen atoms in total. The zero-order valence-electron chi connectivity index (χ0n) is 19.6. The lowest BCUT2D eigenvalue weighted by Crippen LogP contribution is -2.51. The summed E-state index contributed by atoms with van der Waals surface area (Å²) in [7, 11) is 3.17. The summed E-state index contributed by atoms with van der Waals surface area (Å²) in [5, 5.41) is 13.9. The summed E-state index contributed by atoms with van der Waals surface area (Å²) in [5.41, 5.74) is 2.64. The van der Waals surface area contributed by atoms with Crippen molar-refractivity contribution in [2.75, 3.05) is 32.8 Å². The number of nitrogens with one attached hydrogen (secondary N) is 1. The first-order valence-corrected chi connectivity index (χ1v) is 11.2. The quantitative estimate of drug-likeness (QED) is 0.517. The van der Waals surface area contributed by atoms with Gasteiger partial charge >= 0.3 is 0 Å². The fourth-order valence-corrected chi connectivity index (χ4v) is 3.95. The van der Waals surface area contributed by atoms with E-state index in [1.54, 1.807) is 67.7 Å². The largest absolute Gasteiger partial charge is 0.497 e. The second kappa shape index (κ2) is 11.0. The Hall–Kier alpha value is -3.88. The van der Waals surface area contributed by atoms with E-state index < -0.39 is 12.1 Å². The molecule has 0 saturated carbocycles. The molecule has 1 aliphatic heterocycles. The van der Waals surface area contributed by atoms with Gasteiger partial charge in [0.25, 0.3) is 5.91 Å². The molecular formula is C27H28N2O6. The van der Waals surface area contributed by atoms with Gasteiger partial charge in [-0.25, -0.2) is 0 Å². The topological polar surface area (TPSA) is 97.3 Å². The lowest BCUT2D eigenvalue weighted by atomic mass is 9.99. The summed E-state index contributed by atoms with van der Waals surface area (Å²) in [6, 6.07) is 20.6. The average Bonchev–Trinajstić information content (AvgIpc) is 2.90. The maximum absolute atomic E-state index is 12.6. The number of aliphatic hydroxyl groups is 1. The minimum Gasteiger partial charge on any atom is -0.497 e. The molecule has 1 aliphatic rings. The molecule has 1 heterocycles. The molecule has 2 atom stereocenters. The van der Waals surface area contributed by atoms with Crippen LogP contribution >= 0.6 is 0 Å². The molecule has 35 heavy (non-hydrogen) atoms. The molecule has 1 fully saturated rings. The van der Waals surface area contributed by atoms with Crippen LogP contribution in [-0.2, 0) is 16.1 Å². The van der Waals surface area contributed by atoms with Crippen LogP contribution in [0, 0.1) is 0 Å². The highest BCUT2D eigenvalue weighted by Crippen LogP contribution is 2.27. The van der Waals surface area contributed by atoms with Gasteiger partial charge in [0, 0.05) is 17.8 Å². The van der Waals surface area contributed by atoms with Crippen LogP contribution in [-0.4, -0.2) is 55.3 Å². The van der Waals surface area contributed by atoms with Gasteiger partial charge in [-0.15, -0.1) is 0 Å². The van der Waals surface area contributed by atoms with Crippen LogP contribution in [0.3, 0.4) is 0 Å². The molecule has 0 aromatic heterocycles. The van der Waals surface area contributed by atoms with Crippen LogP contribution in [0.15, 0.2) is 72.8 Å². The zero-order valence-corrected chi connectivity index (χ0v) is 19.6. The fraction of sp³-hybridized carbons (Fsp3) is 0.259. The molecule has 3 aromatic carbocycles. The third-order valence-corrected chi connectivity index (χ3v) is 5.97. The van der Waals surface area contributed by atoms with Gasteiger partial charge < -0.3 is 29.5 Å². The molecule has 1 saturated heterocycles. The summed E-state index contributed by atoms with van der Waals surface area (Å²) >= 11 is 0. The Bertz CT molecular complexity index is 1150. The van der Waals surface area contributed by atoms with Crippen molar-refractivity contribution in [3.05, 3.63) is 89.5 Å². The number of aliphatic hydroxyl groups excluding tert-OH is 1. The number of methoxy groups -OCH3 is 2. The Labute approximate surface area is 204 Å². The van der Waals surface area contributed by atoms with Crippen LogP contribution in [0.5, 0.6) is 11.5 Å². The Morgan fingerprint density at radius 3 is 2.20 bits per heavy atom. The van der Waals surface area contributed by atoms with Crippen LogP contribution in [0.2, 0.25) is 0 Å². The number of rotatable bonds is 8. The van der Waals surface area contributed by atoms with E-state index in [9.17, 15) is 14.7 Å². The number of amides is 2. The van der Waals surface area contributed by atoms with Gasteiger partial charge in [-0.3, -0.25) is 9.59 Å². The Balaban J connectivity index is 1.44. The van der Waals surface area contributed by atoms with Crippen molar-refractivity contribution in [3.63, 3.8) is 0 Å². The van der Waals surface area contributed by atoms with E-state index in [1.807, 2.05) is 24.3 Å². The highest BCUT2D eigenvalue weighted by Gasteiger charge is 2.34. The first-order chi connectivity index (χ1) is 17.0. The highest BCUT2D eigenvalue weighted by molar-refractivity contribution is 6.04. The lowest BCUT2D eigenvalue weighted by molar-refractivity contribution is -0.155. The van der Waals surface area contributed by atoms with E-state index in [2.05, 4.69) is 5.32 Å². The number of hydrogen-bond donors (Lipinski definition) is 2. The maximum atomic E-state index is 12.6. The Kier molecular flexibility index (Phi) is 7.64. The molecule has 8 heteroatoms. The van der Waals surface area contributed by atoms with Crippen LogP contribution in [0.25, 0.3) is 0 Å². The SMILES string of the molecule is COc1ccc(CN2C(=O)COCC2C(O)c2ccc(NC(=O)c3ccc(OC)cc3)cc2)cc1. The van der Waals surface area contributed by atoms with Gasteiger partial charge in [0.05, 0.1) is 26.9 Å². The molecule has 3 aromatic rings. The van der Waals surface area contributed by atoms with Crippen molar-refractivity contribution >= 4 is 17.5 Å². The van der Waals surface area contributed by atoms with Gasteiger partial charge in [-0.1, -0.05) is 24.3 Å². The minimum absolute atomic E-state index is 0.0182. The molecule has 2 unspecified atom stereocenters. The standard InChI is InChI=1S/C27H28N2O6/c1-33-22-11-3-18(4-12-22)15-29-24(16-35-17-25(29)30)26(31)19-5-9-21(10-6-19)28-27(32)20-7-13-23(34-2)14-8-20/h3-14,24,26,31H,15-17H2,1-2H3,(H,28,32). The fourth-order valence-electron chi connectivity index (χ4n) is 3.95. The van der Waals surface area contributed by atoms with Crippen molar-refractivity contribution in [1.82, 2.24) is 4.90 Å². The molecule has 2 N–H and O–H groups in total. The minimum atomic E-state index is -0.955. The third-order valence-electron chi connectivity index (χ3n) is 5.97. The number of ether oxygens (including phenoxy) is 3. The monoisotopic (exact) mass is 476 g/mol. The highest BCUT2D eigenvalue weighted by atomic mass is 16.5. The van der Waals surface area contributed by atoms with E-state index in [0.29, 0.717) is 29.1 Å². The van der Waals surface area contributed by atoms with Crippen molar-refractivity contribution < 1.29 is 28.9 Å². The van der Waals surface area contributed by atoms with Crippen molar-refractivity contribution in [2.24, 2.45) is 0 Å². The summed E-state index contributed by atoms with van der Waals surface area (Å²) in [6.45, 7) is 0.554. The Morgan fingerprint density at radius 1 is 1.00 bits per heavy atom. The van der Waals surface area contributed by atoms with E-state index in [0.717, 1.165) is 11.3 Å². The summed E-state index contributed by atoms with van der Waals surface area (Å²) in [5.74, 6) is 0.973. The van der Waals surface area contributed by atoms with Crippen LogP contribution in [0.1, 0.15) is 27.6 Å². The van der Waals surface area contributed by atoms with Gasteiger partial charge in [-0.05, 0) is 59.7 Å². The van der Waals surface area contributed by atoms with Crippen LogP contribution < -0.4 is 14.8 Å². The van der Waals surface area contributed by atoms with Gasteiger partial charge in [0.2, 0.25) is 5.91 Å². The average molecular weight is 477 g/mol. The van der Waals surface area contributed by atoms with Crippen molar-refractivity contribution in [3.8, 4) is 11.5 Å². The molecule has 0 bridgehead atoms. The predicted molar refractivity (Wildman–Crippen MR) is 130 cm³/mol. The molecule has 0 spiro atoms. The van der Waals surface area contributed by atoms with E-state index in [-0.39, 0.29) is 25.0 Å². The maximum Gasteiger partial charge on any atom is 0.255 e. The second-order valence-corrected chi connectivity index (χ2v) is 8.20. The predicted octanol–water partition coefficient (Wildman–Crippen LogP) is 3.42. The lowest BCUT2D eigenvalue weighted by Gasteiger charge is -2.38. The third kappa shape index (κ3) is 5.79. The summed E-state index contributed by atoms with van der Waals surface area (Å²) < 4.78 is 15.8.